The van der Waals surface area contributed by atoms with Crippen LogP contribution in [0.25, 0.3) is 0 Å². The first kappa shape index (κ1) is 18.3. The molecule has 0 radical (unpaired) electrons. The molecule has 0 saturated carbocycles. The zero-order valence-corrected chi connectivity index (χ0v) is 14.0. The monoisotopic (exact) mass is 285 g/mol. The Morgan fingerprint density at radius 3 is 1.47 bits per heavy atom. The third kappa shape index (κ3) is 4.12. The molecule has 0 amide bonds. The minimum absolute atomic E-state index is 0. The van der Waals surface area contributed by atoms with E-state index in [1.807, 2.05) is 19.1 Å². The van der Waals surface area contributed by atoms with Gasteiger partial charge in [-0.05, 0) is 34.4 Å². The Morgan fingerprint density at radius 2 is 1.26 bits per heavy atom. The van der Waals surface area contributed by atoms with Gasteiger partial charge in [0.25, 0.3) is 0 Å². The maximum atomic E-state index is 10.5. The fourth-order valence-corrected chi connectivity index (χ4v) is 2.06. The summed E-state index contributed by atoms with van der Waals surface area (Å²) in [4.78, 5) is 0. The number of hydrogen-bond acceptors (Lipinski definition) is 2. The van der Waals surface area contributed by atoms with E-state index in [1.165, 1.54) is 0 Å². The number of halogens is 1. The van der Waals surface area contributed by atoms with Crippen molar-refractivity contribution in [3.05, 3.63) is 28.8 Å². The number of phenolic OH excluding ortho intramolecular Hbond substituents is 1. The summed E-state index contributed by atoms with van der Waals surface area (Å²) in [7, 11) is 0. The quantitative estimate of drug-likeness (QED) is 0.802. The Balaban J connectivity index is 0.00000324. The van der Waals surface area contributed by atoms with Crippen molar-refractivity contribution in [2.75, 3.05) is 0 Å². The van der Waals surface area contributed by atoms with Crippen molar-refractivity contribution in [3.8, 4) is 5.75 Å². The molecule has 3 N–H and O–H groups in total. The summed E-state index contributed by atoms with van der Waals surface area (Å²) in [6, 6.07) is 4.05. The number of phenols is 1. The molecule has 0 unspecified atom stereocenters. The smallest absolute Gasteiger partial charge is 0.123 e. The van der Waals surface area contributed by atoms with E-state index in [0.29, 0.717) is 5.75 Å². The molecule has 2 nitrogen and oxygen atoms in total. The van der Waals surface area contributed by atoms with Gasteiger partial charge >= 0.3 is 0 Å². The van der Waals surface area contributed by atoms with Gasteiger partial charge in [0, 0.05) is 6.04 Å². The molecule has 0 spiro atoms. The molecular formula is C16H28ClNO. The van der Waals surface area contributed by atoms with E-state index in [4.69, 9.17) is 5.73 Å². The van der Waals surface area contributed by atoms with Gasteiger partial charge in [-0.15, -0.1) is 12.4 Å². The van der Waals surface area contributed by atoms with Crippen LogP contribution in [0, 0.1) is 0 Å². The standard InChI is InChI=1S/C16H27NO.ClH/c1-10(17)11-8-12(15(2,3)4)14(18)13(9-11)16(5,6)7;/h8-10,18H,17H2,1-7H3;1H/t10-;/m0./s1. The van der Waals surface area contributed by atoms with Crippen molar-refractivity contribution in [2.45, 2.75) is 65.3 Å². The van der Waals surface area contributed by atoms with E-state index in [-0.39, 0.29) is 29.3 Å². The molecule has 0 heterocycles. The van der Waals surface area contributed by atoms with Gasteiger partial charge in [-0.1, -0.05) is 53.7 Å². The fraction of sp³-hybridized carbons (Fsp3) is 0.625. The highest BCUT2D eigenvalue weighted by Gasteiger charge is 2.26. The van der Waals surface area contributed by atoms with Crippen LogP contribution < -0.4 is 5.73 Å². The molecule has 1 aromatic carbocycles. The minimum atomic E-state index is -0.0883. The second-order valence-corrected chi connectivity index (χ2v) is 7.25. The number of hydrogen-bond donors (Lipinski definition) is 2. The minimum Gasteiger partial charge on any atom is -0.507 e. The second-order valence-electron chi connectivity index (χ2n) is 7.25. The highest BCUT2D eigenvalue weighted by atomic mass is 35.5. The van der Waals surface area contributed by atoms with Crippen LogP contribution in [0.3, 0.4) is 0 Å². The summed E-state index contributed by atoms with van der Waals surface area (Å²) in [6.07, 6.45) is 0. The van der Waals surface area contributed by atoms with Crippen molar-refractivity contribution in [2.24, 2.45) is 5.73 Å². The molecule has 0 aliphatic carbocycles. The molecule has 1 rings (SSSR count). The van der Waals surface area contributed by atoms with E-state index in [0.717, 1.165) is 16.7 Å². The Kier molecular flexibility index (Phi) is 5.50. The van der Waals surface area contributed by atoms with Crippen molar-refractivity contribution in [1.29, 1.82) is 0 Å². The van der Waals surface area contributed by atoms with Crippen molar-refractivity contribution in [3.63, 3.8) is 0 Å². The lowest BCUT2D eigenvalue weighted by Crippen LogP contribution is -2.19. The van der Waals surface area contributed by atoms with Crippen LogP contribution in [-0.4, -0.2) is 5.11 Å². The predicted octanol–water partition coefficient (Wildman–Crippen LogP) is 4.43. The summed E-state index contributed by atoms with van der Waals surface area (Å²) in [5.74, 6) is 0.416. The molecule has 0 aliphatic rings. The van der Waals surface area contributed by atoms with Crippen LogP contribution in [0.15, 0.2) is 12.1 Å². The van der Waals surface area contributed by atoms with Gasteiger partial charge in [0.05, 0.1) is 0 Å². The number of benzene rings is 1. The fourth-order valence-electron chi connectivity index (χ4n) is 2.06. The number of rotatable bonds is 1. The maximum Gasteiger partial charge on any atom is 0.123 e. The third-order valence-corrected chi connectivity index (χ3v) is 3.27. The highest BCUT2D eigenvalue weighted by Crippen LogP contribution is 2.40. The van der Waals surface area contributed by atoms with Crippen molar-refractivity contribution in [1.82, 2.24) is 0 Å². The summed E-state index contributed by atoms with van der Waals surface area (Å²) in [5.41, 5.74) is 8.86. The lowest BCUT2D eigenvalue weighted by Gasteiger charge is -2.28. The van der Waals surface area contributed by atoms with Crippen LogP contribution >= 0.6 is 12.4 Å². The van der Waals surface area contributed by atoms with Crippen molar-refractivity contribution >= 4 is 12.4 Å². The van der Waals surface area contributed by atoms with Crippen LogP contribution in [0.4, 0.5) is 0 Å². The lowest BCUT2D eigenvalue weighted by atomic mass is 9.78. The van der Waals surface area contributed by atoms with E-state index >= 15 is 0 Å². The first-order valence-corrected chi connectivity index (χ1v) is 6.58. The van der Waals surface area contributed by atoms with Crippen LogP contribution in [-0.2, 0) is 10.8 Å². The van der Waals surface area contributed by atoms with E-state index in [2.05, 4.69) is 41.5 Å². The van der Waals surface area contributed by atoms with Crippen LogP contribution in [0.5, 0.6) is 5.75 Å². The second kappa shape index (κ2) is 5.72. The third-order valence-electron chi connectivity index (χ3n) is 3.27. The van der Waals surface area contributed by atoms with Gasteiger partial charge in [0.15, 0.2) is 0 Å². The zero-order valence-electron chi connectivity index (χ0n) is 13.2. The van der Waals surface area contributed by atoms with Crippen molar-refractivity contribution < 1.29 is 5.11 Å². The molecule has 0 saturated heterocycles. The van der Waals surface area contributed by atoms with Gasteiger partial charge < -0.3 is 10.8 Å². The average Bonchev–Trinajstić information content (AvgIpc) is 2.13. The first-order chi connectivity index (χ1) is 7.94. The number of nitrogens with two attached hydrogens (primary N) is 1. The Bertz CT molecular complexity index is 404. The van der Waals surface area contributed by atoms with Gasteiger partial charge in [0.1, 0.15) is 5.75 Å². The van der Waals surface area contributed by atoms with E-state index in [1.54, 1.807) is 0 Å². The van der Waals surface area contributed by atoms with Gasteiger partial charge in [-0.25, -0.2) is 0 Å². The molecule has 1 aromatic rings. The van der Waals surface area contributed by atoms with E-state index < -0.39 is 0 Å². The van der Waals surface area contributed by atoms with Crippen LogP contribution in [0.2, 0.25) is 0 Å². The Hall–Kier alpha value is -0.730. The molecule has 19 heavy (non-hydrogen) atoms. The summed E-state index contributed by atoms with van der Waals surface area (Å²) >= 11 is 0. The summed E-state index contributed by atoms with van der Waals surface area (Å²) < 4.78 is 0. The normalized spacial score (nSPS) is 13.9. The van der Waals surface area contributed by atoms with Gasteiger partial charge in [0.2, 0.25) is 0 Å². The highest BCUT2D eigenvalue weighted by molar-refractivity contribution is 5.85. The molecule has 110 valence electrons. The Labute approximate surface area is 123 Å². The molecule has 0 bridgehead atoms. The molecule has 1 atom stereocenters. The SMILES string of the molecule is C[C@H](N)c1cc(C(C)(C)C)c(O)c(C(C)(C)C)c1.Cl. The molecule has 3 heteroatoms. The predicted molar refractivity (Wildman–Crippen MR) is 85.4 cm³/mol. The number of aromatic hydroxyl groups is 1. The molecule has 0 aromatic heterocycles. The molecule has 0 aliphatic heterocycles. The lowest BCUT2D eigenvalue weighted by molar-refractivity contribution is 0.422. The Morgan fingerprint density at radius 1 is 0.947 bits per heavy atom. The largest absolute Gasteiger partial charge is 0.507 e. The summed E-state index contributed by atoms with van der Waals surface area (Å²) in [6.45, 7) is 14.6. The molecular weight excluding hydrogens is 258 g/mol. The van der Waals surface area contributed by atoms with Gasteiger partial charge in [-0.3, -0.25) is 0 Å². The molecule has 0 fully saturated rings. The van der Waals surface area contributed by atoms with E-state index in [9.17, 15) is 5.11 Å². The van der Waals surface area contributed by atoms with Crippen LogP contribution in [0.1, 0.15) is 71.2 Å². The maximum absolute atomic E-state index is 10.5. The van der Waals surface area contributed by atoms with Gasteiger partial charge in [-0.2, -0.15) is 0 Å². The summed E-state index contributed by atoms with van der Waals surface area (Å²) in [5, 5.41) is 10.5. The average molecular weight is 286 g/mol. The zero-order chi connectivity index (χ0) is 14.3. The topological polar surface area (TPSA) is 46.2 Å². The first-order valence-electron chi connectivity index (χ1n) is 6.58.